The number of benzene rings is 3. The highest BCUT2D eigenvalue weighted by atomic mass is 32.2. The van der Waals surface area contributed by atoms with Gasteiger partial charge in [0.2, 0.25) is 21.8 Å². The number of carbonyl (C=O) groups excluding carboxylic acids is 2. The SMILES string of the molecule is CS(=O)(=O)N(CC(=O)N(Cc1ccccc1)C(Cc1ccccc1)C(=O)NC1CCCCC1)c1ccc(F)cc1. The van der Waals surface area contributed by atoms with Crippen LogP contribution in [-0.2, 0) is 32.6 Å². The van der Waals surface area contributed by atoms with Crippen LogP contribution in [0.4, 0.5) is 10.1 Å². The molecule has 1 atom stereocenters. The van der Waals surface area contributed by atoms with Gasteiger partial charge < -0.3 is 10.2 Å². The number of hydrogen-bond acceptors (Lipinski definition) is 4. The molecule has 0 radical (unpaired) electrons. The van der Waals surface area contributed by atoms with Crippen LogP contribution in [0.25, 0.3) is 0 Å². The van der Waals surface area contributed by atoms with Crippen molar-refractivity contribution < 1.29 is 22.4 Å². The number of nitrogens with one attached hydrogen (secondary N) is 1. The van der Waals surface area contributed by atoms with Crippen LogP contribution in [-0.4, -0.2) is 50.0 Å². The van der Waals surface area contributed by atoms with Crippen LogP contribution < -0.4 is 9.62 Å². The standard InChI is InChI=1S/C31H36FN3O4S/c1-40(38,39)35(28-19-17-26(32)18-20-28)23-30(36)34(22-25-13-7-3-8-14-25)29(21-24-11-5-2-6-12-24)31(37)33-27-15-9-4-10-16-27/h2-3,5-8,11-14,17-20,27,29H,4,9-10,15-16,21-23H2,1H3,(H,33,37). The predicted molar refractivity (Wildman–Crippen MR) is 155 cm³/mol. The number of hydrogen-bond donors (Lipinski definition) is 1. The van der Waals surface area contributed by atoms with E-state index in [0.717, 1.165) is 65.9 Å². The van der Waals surface area contributed by atoms with Crippen molar-refractivity contribution in [2.24, 2.45) is 0 Å². The molecule has 1 saturated carbocycles. The molecule has 212 valence electrons. The fraction of sp³-hybridized carbons (Fsp3) is 0.355. The van der Waals surface area contributed by atoms with Gasteiger partial charge in [-0.25, -0.2) is 12.8 Å². The van der Waals surface area contributed by atoms with Crippen LogP contribution in [0, 0.1) is 5.82 Å². The van der Waals surface area contributed by atoms with E-state index >= 15 is 0 Å². The number of sulfonamides is 1. The number of rotatable bonds is 11. The molecule has 0 spiro atoms. The van der Waals surface area contributed by atoms with Crippen molar-refractivity contribution in [1.29, 1.82) is 0 Å². The first-order valence-electron chi connectivity index (χ1n) is 13.6. The van der Waals surface area contributed by atoms with Crippen molar-refractivity contribution in [2.45, 2.75) is 57.2 Å². The Kier molecular flexibility index (Phi) is 9.93. The van der Waals surface area contributed by atoms with E-state index < -0.39 is 34.3 Å². The first-order valence-corrected chi connectivity index (χ1v) is 15.5. The molecule has 1 fully saturated rings. The van der Waals surface area contributed by atoms with Crippen LogP contribution in [0.2, 0.25) is 0 Å². The third-order valence-electron chi connectivity index (χ3n) is 7.21. The Hall–Kier alpha value is -3.72. The summed E-state index contributed by atoms with van der Waals surface area (Å²) in [6.07, 6.45) is 6.29. The van der Waals surface area contributed by atoms with Crippen molar-refractivity contribution in [3.05, 3.63) is 102 Å². The van der Waals surface area contributed by atoms with E-state index in [-0.39, 0.29) is 30.6 Å². The summed E-state index contributed by atoms with van der Waals surface area (Å²) in [5, 5.41) is 3.18. The minimum Gasteiger partial charge on any atom is -0.352 e. The molecule has 0 bridgehead atoms. The highest BCUT2D eigenvalue weighted by Gasteiger charge is 2.34. The van der Waals surface area contributed by atoms with Crippen LogP contribution in [0.15, 0.2) is 84.9 Å². The Morgan fingerprint density at radius 1 is 0.875 bits per heavy atom. The van der Waals surface area contributed by atoms with Gasteiger partial charge >= 0.3 is 0 Å². The molecule has 0 saturated heterocycles. The smallest absolute Gasteiger partial charge is 0.244 e. The van der Waals surface area contributed by atoms with Gasteiger partial charge in [0.05, 0.1) is 11.9 Å². The van der Waals surface area contributed by atoms with E-state index in [1.807, 2.05) is 60.7 Å². The molecule has 3 aromatic carbocycles. The topological polar surface area (TPSA) is 86.8 Å². The lowest BCUT2D eigenvalue weighted by molar-refractivity contribution is -0.140. The van der Waals surface area contributed by atoms with E-state index in [0.29, 0.717) is 0 Å². The quantitative estimate of drug-likeness (QED) is 0.366. The summed E-state index contributed by atoms with van der Waals surface area (Å²) in [6.45, 7) is -0.407. The molecule has 1 unspecified atom stereocenters. The van der Waals surface area contributed by atoms with Gasteiger partial charge in [-0.1, -0.05) is 79.9 Å². The van der Waals surface area contributed by atoms with Gasteiger partial charge in [0, 0.05) is 19.0 Å². The molecule has 0 aliphatic heterocycles. The minimum atomic E-state index is -3.90. The Morgan fingerprint density at radius 3 is 2.02 bits per heavy atom. The molecule has 7 nitrogen and oxygen atoms in total. The van der Waals surface area contributed by atoms with Crippen molar-refractivity contribution in [1.82, 2.24) is 10.2 Å². The normalized spacial score (nSPS) is 14.8. The number of nitrogens with zero attached hydrogens (tertiary/aromatic N) is 2. The second-order valence-corrected chi connectivity index (χ2v) is 12.2. The molecule has 40 heavy (non-hydrogen) atoms. The maximum absolute atomic E-state index is 14.0. The number of carbonyl (C=O) groups is 2. The highest BCUT2D eigenvalue weighted by Crippen LogP contribution is 2.22. The zero-order valence-electron chi connectivity index (χ0n) is 22.7. The zero-order chi connectivity index (χ0) is 28.5. The predicted octanol–water partition coefficient (Wildman–Crippen LogP) is 4.68. The van der Waals surface area contributed by atoms with Gasteiger partial charge in [0.25, 0.3) is 0 Å². The molecule has 3 aromatic rings. The lowest BCUT2D eigenvalue weighted by atomic mass is 9.94. The fourth-order valence-electron chi connectivity index (χ4n) is 5.10. The monoisotopic (exact) mass is 565 g/mol. The van der Waals surface area contributed by atoms with Crippen LogP contribution >= 0.6 is 0 Å². The Balaban J connectivity index is 1.69. The van der Waals surface area contributed by atoms with Gasteiger partial charge in [-0.15, -0.1) is 0 Å². The number of anilines is 1. The summed E-state index contributed by atoms with van der Waals surface area (Å²) >= 11 is 0. The summed E-state index contributed by atoms with van der Waals surface area (Å²) in [7, 11) is -3.90. The molecule has 2 amide bonds. The van der Waals surface area contributed by atoms with Gasteiger partial charge in [-0.2, -0.15) is 0 Å². The average Bonchev–Trinajstić information content (AvgIpc) is 2.95. The molecule has 4 rings (SSSR count). The second-order valence-electron chi connectivity index (χ2n) is 10.3. The Morgan fingerprint density at radius 2 is 1.45 bits per heavy atom. The van der Waals surface area contributed by atoms with Gasteiger partial charge in [0.15, 0.2) is 0 Å². The van der Waals surface area contributed by atoms with E-state index in [1.54, 1.807) is 0 Å². The summed E-state index contributed by atoms with van der Waals surface area (Å²) < 4.78 is 40.1. The fourth-order valence-corrected chi connectivity index (χ4v) is 5.95. The molecule has 1 aliphatic rings. The van der Waals surface area contributed by atoms with Crippen molar-refractivity contribution >= 4 is 27.5 Å². The zero-order valence-corrected chi connectivity index (χ0v) is 23.5. The van der Waals surface area contributed by atoms with E-state index in [2.05, 4.69) is 5.32 Å². The largest absolute Gasteiger partial charge is 0.352 e. The molecule has 1 aliphatic carbocycles. The van der Waals surface area contributed by atoms with Crippen LogP contribution in [0.1, 0.15) is 43.2 Å². The first-order chi connectivity index (χ1) is 19.2. The number of halogens is 1. The van der Waals surface area contributed by atoms with Gasteiger partial charge in [-0.3, -0.25) is 13.9 Å². The summed E-state index contributed by atoms with van der Waals surface area (Å²) in [4.78, 5) is 29.4. The second kappa shape index (κ2) is 13.6. The first kappa shape index (κ1) is 29.3. The third-order valence-corrected chi connectivity index (χ3v) is 8.35. The van der Waals surface area contributed by atoms with Crippen LogP contribution in [0.5, 0.6) is 0 Å². The molecular formula is C31H36FN3O4S. The minimum absolute atomic E-state index is 0.0416. The molecule has 9 heteroatoms. The lowest BCUT2D eigenvalue weighted by Crippen LogP contribution is -2.55. The maximum Gasteiger partial charge on any atom is 0.244 e. The molecular weight excluding hydrogens is 529 g/mol. The van der Waals surface area contributed by atoms with E-state index in [1.165, 1.54) is 17.0 Å². The van der Waals surface area contributed by atoms with E-state index in [9.17, 15) is 22.4 Å². The van der Waals surface area contributed by atoms with E-state index in [4.69, 9.17) is 0 Å². The molecule has 0 heterocycles. The van der Waals surface area contributed by atoms with Crippen molar-refractivity contribution in [3.8, 4) is 0 Å². The lowest BCUT2D eigenvalue weighted by Gasteiger charge is -2.35. The maximum atomic E-state index is 14.0. The Bertz CT molecular complexity index is 1360. The van der Waals surface area contributed by atoms with Crippen molar-refractivity contribution in [2.75, 3.05) is 17.1 Å². The highest BCUT2D eigenvalue weighted by molar-refractivity contribution is 7.92. The number of amides is 2. The summed E-state index contributed by atoms with van der Waals surface area (Å²) in [6, 6.07) is 22.9. The molecule has 1 N–H and O–H groups in total. The average molecular weight is 566 g/mol. The Labute approximate surface area is 236 Å². The van der Waals surface area contributed by atoms with Gasteiger partial charge in [0.1, 0.15) is 18.4 Å². The summed E-state index contributed by atoms with van der Waals surface area (Å²) in [5.74, 6) is -1.30. The summed E-state index contributed by atoms with van der Waals surface area (Å²) in [5.41, 5.74) is 1.87. The van der Waals surface area contributed by atoms with Crippen LogP contribution in [0.3, 0.4) is 0 Å². The third kappa shape index (κ3) is 8.14. The van der Waals surface area contributed by atoms with Crippen molar-refractivity contribution in [3.63, 3.8) is 0 Å². The van der Waals surface area contributed by atoms with Gasteiger partial charge in [-0.05, 0) is 48.2 Å². The molecule has 0 aromatic heterocycles.